The number of rotatable bonds is 5. The molecular formula is C14H17ClN2O. The van der Waals surface area contributed by atoms with Gasteiger partial charge in [-0.3, -0.25) is 10.1 Å². The first-order chi connectivity index (χ1) is 8.56. The lowest BCUT2D eigenvalue weighted by Gasteiger charge is -2.25. The minimum atomic E-state index is 0.00222. The first kappa shape index (κ1) is 14.6. The number of nitrogens with zero attached hydrogens (tertiary/aromatic N) is 1. The van der Waals surface area contributed by atoms with Crippen LogP contribution in [0.3, 0.4) is 0 Å². The van der Waals surface area contributed by atoms with E-state index in [9.17, 15) is 4.79 Å². The van der Waals surface area contributed by atoms with Crippen LogP contribution in [0.25, 0.3) is 0 Å². The normalized spacial score (nSPS) is 11.7. The zero-order valence-electron chi connectivity index (χ0n) is 10.6. The molecule has 0 aliphatic rings. The lowest BCUT2D eigenvalue weighted by Crippen LogP contribution is -2.37. The number of carbonyl (C=O) groups excluding carboxylic acids is 1. The minimum absolute atomic E-state index is 0.00222. The summed E-state index contributed by atoms with van der Waals surface area (Å²) in [5.41, 5.74) is 1.05. The van der Waals surface area contributed by atoms with Crippen LogP contribution >= 0.6 is 11.6 Å². The number of carbonyl (C=O) groups is 1. The number of benzene rings is 1. The van der Waals surface area contributed by atoms with E-state index in [1.165, 1.54) is 0 Å². The predicted molar refractivity (Wildman–Crippen MR) is 74.3 cm³/mol. The summed E-state index contributed by atoms with van der Waals surface area (Å²) < 4.78 is 0. The molecule has 1 aromatic carbocycles. The maximum Gasteiger partial charge on any atom is 0.236 e. The highest BCUT2D eigenvalue weighted by molar-refractivity contribution is 6.30. The minimum Gasteiger partial charge on any atom is -0.338 e. The average molecular weight is 265 g/mol. The van der Waals surface area contributed by atoms with E-state index in [0.29, 0.717) is 11.6 Å². The molecule has 3 nitrogen and oxygen atoms in total. The first-order valence-electron chi connectivity index (χ1n) is 5.71. The molecule has 1 rings (SSSR count). The second-order valence-corrected chi connectivity index (χ2v) is 4.48. The lowest BCUT2D eigenvalue weighted by molar-refractivity contribution is -0.130. The zero-order chi connectivity index (χ0) is 13.5. The monoisotopic (exact) mass is 264 g/mol. The molecule has 96 valence electrons. The van der Waals surface area contributed by atoms with Crippen molar-refractivity contribution >= 4 is 17.5 Å². The van der Waals surface area contributed by atoms with E-state index < -0.39 is 0 Å². The van der Waals surface area contributed by atoms with Gasteiger partial charge < -0.3 is 4.90 Å². The Morgan fingerprint density at radius 1 is 1.50 bits per heavy atom. The molecule has 0 fully saturated rings. The van der Waals surface area contributed by atoms with Crippen LogP contribution in [0.2, 0.25) is 5.02 Å². The third-order valence-electron chi connectivity index (χ3n) is 2.83. The maximum atomic E-state index is 11.9. The molecule has 4 heteroatoms. The molecule has 0 aliphatic carbocycles. The summed E-state index contributed by atoms with van der Waals surface area (Å²) in [5, 5.41) is 3.57. The van der Waals surface area contributed by atoms with Gasteiger partial charge >= 0.3 is 0 Å². The Balaban J connectivity index is 2.60. The van der Waals surface area contributed by atoms with Crippen LogP contribution in [0.1, 0.15) is 18.5 Å². The van der Waals surface area contributed by atoms with E-state index in [0.717, 1.165) is 5.56 Å². The van der Waals surface area contributed by atoms with Crippen LogP contribution in [0, 0.1) is 12.3 Å². The van der Waals surface area contributed by atoms with Crippen LogP contribution in [0.4, 0.5) is 0 Å². The van der Waals surface area contributed by atoms with Crippen molar-refractivity contribution in [3.05, 3.63) is 34.9 Å². The Bertz CT molecular complexity index is 436. The van der Waals surface area contributed by atoms with Gasteiger partial charge in [0.05, 0.1) is 19.1 Å². The number of amides is 1. The number of halogens is 1. The number of hydrogen-bond acceptors (Lipinski definition) is 2. The predicted octanol–water partition coefficient (Wildman–Crippen LogP) is 2.08. The highest BCUT2D eigenvalue weighted by atomic mass is 35.5. The summed E-state index contributed by atoms with van der Waals surface area (Å²) in [6, 6.07) is 7.49. The second kappa shape index (κ2) is 7.05. The fraction of sp³-hybridized carbons (Fsp3) is 0.357. The van der Waals surface area contributed by atoms with Gasteiger partial charge in [-0.15, -0.1) is 6.42 Å². The number of likely N-dealkylation sites (N-methyl/N-ethyl adjacent to an activating group) is 1. The van der Waals surface area contributed by atoms with Crippen LogP contribution < -0.4 is 5.32 Å². The molecular weight excluding hydrogens is 248 g/mol. The molecule has 1 atom stereocenters. The third kappa shape index (κ3) is 4.06. The fourth-order valence-corrected chi connectivity index (χ4v) is 1.67. The largest absolute Gasteiger partial charge is 0.338 e. The average Bonchev–Trinajstić information content (AvgIpc) is 2.38. The van der Waals surface area contributed by atoms with E-state index in [-0.39, 0.29) is 18.5 Å². The van der Waals surface area contributed by atoms with Crippen molar-refractivity contribution in [2.45, 2.75) is 13.0 Å². The summed E-state index contributed by atoms with van der Waals surface area (Å²) in [6.07, 6.45) is 5.11. The van der Waals surface area contributed by atoms with Gasteiger partial charge in [-0.25, -0.2) is 0 Å². The smallest absolute Gasteiger partial charge is 0.236 e. The van der Waals surface area contributed by atoms with Crippen LogP contribution in [-0.2, 0) is 4.79 Å². The summed E-state index contributed by atoms with van der Waals surface area (Å²) in [7, 11) is 1.78. The van der Waals surface area contributed by atoms with E-state index >= 15 is 0 Å². The SMILES string of the molecule is C#CCNCC(=O)N(C)C(C)c1ccc(Cl)cc1. The van der Waals surface area contributed by atoms with E-state index in [4.69, 9.17) is 18.0 Å². The Morgan fingerprint density at radius 3 is 2.67 bits per heavy atom. The molecule has 18 heavy (non-hydrogen) atoms. The molecule has 0 radical (unpaired) electrons. The maximum absolute atomic E-state index is 11.9. The van der Waals surface area contributed by atoms with E-state index in [1.54, 1.807) is 11.9 Å². The zero-order valence-corrected chi connectivity index (χ0v) is 11.4. The lowest BCUT2D eigenvalue weighted by atomic mass is 10.1. The van der Waals surface area contributed by atoms with Gasteiger partial charge in [0.15, 0.2) is 0 Å². The standard InChI is InChI=1S/C14H17ClN2O/c1-4-9-16-10-14(18)17(3)11(2)12-5-7-13(15)8-6-12/h1,5-8,11,16H,9-10H2,2-3H3. The van der Waals surface area contributed by atoms with Crippen molar-refractivity contribution in [3.63, 3.8) is 0 Å². The second-order valence-electron chi connectivity index (χ2n) is 4.04. The van der Waals surface area contributed by atoms with Gasteiger partial charge in [0.25, 0.3) is 0 Å². The van der Waals surface area contributed by atoms with Crippen LogP contribution in [0.15, 0.2) is 24.3 Å². The highest BCUT2D eigenvalue weighted by Gasteiger charge is 2.16. The van der Waals surface area contributed by atoms with Gasteiger partial charge in [-0.05, 0) is 24.6 Å². The van der Waals surface area contributed by atoms with Crippen molar-refractivity contribution in [1.82, 2.24) is 10.2 Å². The molecule has 1 N–H and O–H groups in total. The Kier molecular flexibility index (Phi) is 5.70. The van der Waals surface area contributed by atoms with Gasteiger partial charge in [-0.1, -0.05) is 29.7 Å². The van der Waals surface area contributed by atoms with Gasteiger partial charge in [0.2, 0.25) is 5.91 Å². The molecule has 0 heterocycles. The Labute approximate surface area is 113 Å². The van der Waals surface area contributed by atoms with Crippen molar-refractivity contribution in [1.29, 1.82) is 0 Å². The molecule has 1 amide bonds. The molecule has 0 saturated heterocycles. The third-order valence-corrected chi connectivity index (χ3v) is 3.08. The molecule has 0 bridgehead atoms. The topological polar surface area (TPSA) is 32.3 Å². The molecule has 1 aromatic rings. The molecule has 0 aliphatic heterocycles. The van der Waals surface area contributed by atoms with Gasteiger partial charge in [-0.2, -0.15) is 0 Å². The molecule has 0 saturated carbocycles. The first-order valence-corrected chi connectivity index (χ1v) is 6.09. The van der Waals surface area contributed by atoms with Crippen molar-refractivity contribution < 1.29 is 4.79 Å². The van der Waals surface area contributed by atoms with E-state index in [1.807, 2.05) is 31.2 Å². The van der Waals surface area contributed by atoms with Crippen molar-refractivity contribution in [2.75, 3.05) is 20.1 Å². The highest BCUT2D eigenvalue weighted by Crippen LogP contribution is 2.20. The quantitative estimate of drug-likeness (QED) is 0.652. The summed E-state index contributed by atoms with van der Waals surface area (Å²) in [4.78, 5) is 13.6. The number of terminal acetylenes is 1. The Morgan fingerprint density at radius 2 is 2.11 bits per heavy atom. The molecule has 0 spiro atoms. The van der Waals surface area contributed by atoms with Crippen LogP contribution in [0.5, 0.6) is 0 Å². The van der Waals surface area contributed by atoms with Crippen molar-refractivity contribution in [3.8, 4) is 12.3 Å². The number of hydrogen-bond donors (Lipinski definition) is 1. The summed E-state index contributed by atoms with van der Waals surface area (Å²) in [5.74, 6) is 2.44. The van der Waals surface area contributed by atoms with E-state index in [2.05, 4.69) is 11.2 Å². The summed E-state index contributed by atoms with van der Waals surface area (Å²) in [6.45, 7) is 2.62. The molecule has 0 aromatic heterocycles. The van der Waals surface area contributed by atoms with Gasteiger partial charge in [0, 0.05) is 12.1 Å². The van der Waals surface area contributed by atoms with Gasteiger partial charge in [0.1, 0.15) is 0 Å². The fourth-order valence-electron chi connectivity index (χ4n) is 1.55. The van der Waals surface area contributed by atoms with Crippen LogP contribution in [-0.4, -0.2) is 30.9 Å². The van der Waals surface area contributed by atoms with Crippen molar-refractivity contribution in [2.24, 2.45) is 0 Å². The number of nitrogens with one attached hydrogen (secondary N) is 1. The molecule has 1 unspecified atom stereocenters. The summed E-state index contributed by atoms with van der Waals surface area (Å²) >= 11 is 5.83. The Hall–Kier alpha value is -1.50.